The molecule has 3 aromatic carbocycles. The molecule has 184 valence electrons. The number of sulfonamides is 1. The fourth-order valence-corrected chi connectivity index (χ4v) is 5.24. The molecule has 0 saturated heterocycles. The molecular formula is C26H28BrN3O4S. The van der Waals surface area contributed by atoms with Gasteiger partial charge in [-0.2, -0.15) is 0 Å². The van der Waals surface area contributed by atoms with Crippen molar-refractivity contribution in [3.63, 3.8) is 0 Å². The van der Waals surface area contributed by atoms with Crippen LogP contribution >= 0.6 is 15.9 Å². The Morgan fingerprint density at radius 2 is 1.49 bits per heavy atom. The van der Waals surface area contributed by atoms with Crippen molar-refractivity contribution >= 4 is 43.5 Å². The van der Waals surface area contributed by atoms with Crippen molar-refractivity contribution in [2.75, 3.05) is 17.4 Å². The summed E-state index contributed by atoms with van der Waals surface area (Å²) in [7, 11) is -4.05. The maximum absolute atomic E-state index is 13.7. The van der Waals surface area contributed by atoms with Gasteiger partial charge < -0.3 is 10.2 Å². The van der Waals surface area contributed by atoms with E-state index in [2.05, 4.69) is 21.2 Å². The highest BCUT2D eigenvalue weighted by Gasteiger charge is 2.32. The Balaban J connectivity index is 2.00. The van der Waals surface area contributed by atoms with E-state index < -0.39 is 28.5 Å². The number of benzene rings is 3. The smallest absolute Gasteiger partial charge is 0.264 e. The number of likely N-dealkylation sites (N-methyl/N-ethyl adjacent to an activating group) is 1. The van der Waals surface area contributed by atoms with Crippen LogP contribution in [0.15, 0.2) is 94.3 Å². The molecule has 0 aliphatic carbocycles. The molecule has 9 heteroatoms. The lowest BCUT2D eigenvalue weighted by Crippen LogP contribution is -2.51. The number of amides is 2. The SMILES string of the molecule is CCNC(=O)C(C)N(Cc1ccccc1)C(=O)CN(c1ccc(Br)cc1)S(=O)(=O)c1ccccc1. The van der Waals surface area contributed by atoms with Crippen LogP contribution in [0.5, 0.6) is 0 Å². The molecule has 35 heavy (non-hydrogen) atoms. The summed E-state index contributed by atoms with van der Waals surface area (Å²) in [5, 5.41) is 2.74. The molecule has 2 amide bonds. The molecule has 3 rings (SSSR count). The quantitative estimate of drug-likeness (QED) is 0.404. The Morgan fingerprint density at radius 3 is 2.06 bits per heavy atom. The van der Waals surface area contributed by atoms with Crippen molar-refractivity contribution in [2.45, 2.75) is 31.3 Å². The van der Waals surface area contributed by atoms with Crippen LogP contribution in [0, 0.1) is 0 Å². The van der Waals surface area contributed by atoms with E-state index in [1.165, 1.54) is 17.0 Å². The van der Waals surface area contributed by atoms with Crippen molar-refractivity contribution in [3.8, 4) is 0 Å². The molecule has 1 unspecified atom stereocenters. The molecule has 0 fully saturated rings. The third-order valence-electron chi connectivity index (χ3n) is 5.44. The second-order valence-electron chi connectivity index (χ2n) is 7.88. The number of halogens is 1. The Bertz CT molecular complexity index is 1240. The number of nitrogens with one attached hydrogen (secondary N) is 1. The van der Waals surface area contributed by atoms with Gasteiger partial charge in [0.05, 0.1) is 10.6 Å². The summed E-state index contributed by atoms with van der Waals surface area (Å²) >= 11 is 3.36. The lowest BCUT2D eigenvalue weighted by atomic mass is 10.1. The van der Waals surface area contributed by atoms with Crippen molar-refractivity contribution in [1.29, 1.82) is 0 Å². The molecule has 1 atom stereocenters. The summed E-state index contributed by atoms with van der Waals surface area (Å²) in [6.07, 6.45) is 0. The second-order valence-corrected chi connectivity index (χ2v) is 10.7. The third kappa shape index (κ3) is 6.70. The van der Waals surface area contributed by atoms with E-state index >= 15 is 0 Å². The summed E-state index contributed by atoms with van der Waals surface area (Å²) < 4.78 is 29.1. The Morgan fingerprint density at radius 1 is 0.914 bits per heavy atom. The Kier molecular flexibility index (Phi) is 9.06. The molecule has 0 aliphatic rings. The van der Waals surface area contributed by atoms with Crippen LogP contribution in [0.3, 0.4) is 0 Å². The molecule has 0 saturated carbocycles. The fourth-order valence-electron chi connectivity index (χ4n) is 3.54. The van der Waals surface area contributed by atoms with Crippen molar-refractivity contribution in [3.05, 3.63) is 95.0 Å². The molecule has 3 aromatic rings. The highest BCUT2D eigenvalue weighted by atomic mass is 79.9. The van der Waals surface area contributed by atoms with Gasteiger partial charge >= 0.3 is 0 Å². The van der Waals surface area contributed by atoms with Gasteiger partial charge in [-0.3, -0.25) is 13.9 Å². The van der Waals surface area contributed by atoms with Crippen LogP contribution in [-0.4, -0.2) is 44.3 Å². The first-order chi connectivity index (χ1) is 16.7. The number of hydrogen-bond donors (Lipinski definition) is 1. The molecule has 0 radical (unpaired) electrons. The van der Waals surface area contributed by atoms with Gasteiger partial charge in [-0.15, -0.1) is 0 Å². The number of carbonyl (C=O) groups excluding carboxylic acids is 2. The van der Waals surface area contributed by atoms with E-state index in [9.17, 15) is 18.0 Å². The second kappa shape index (κ2) is 12.0. The topological polar surface area (TPSA) is 86.8 Å². The zero-order chi connectivity index (χ0) is 25.4. The maximum atomic E-state index is 13.7. The lowest BCUT2D eigenvalue weighted by Gasteiger charge is -2.32. The van der Waals surface area contributed by atoms with Gasteiger partial charge in [0, 0.05) is 17.6 Å². The minimum atomic E-state index is -4.05. The van der Waals surface area contributed by atoms with Crippen LogP contribution in [0.4, 0.5) is 5.69 Å². The summed E-state index contributed by atoms with van der Waals surface area (Å²) in [5.74, 6) is -0.798. The molecule has 0 aliphatic heterocycles. The van der Waals surface area contributed by atoms with E-state index in [0.29, 0.717) is 12.2 Å². The number of carbonyl (C=O) groups is 2. The van der Waals surface area contributed by atoms with E-state index in [1.807, 2.05) is 30.3 Å². The van der Waals surface area contributed by atoms with Crippen LogP contribution in [0.1, 0.15) is 19.4 Å². The average molecular weight is 558 g/mol. The van der Waals surface area contributed by atoms with Crippen molar-refractivity contribution in [1.82, 2.24) is 10.2 Å². The summed E-state index contributed by atoms with van der Waals surface area (Å²) in [4.78, 5) is 27.8. The standard InChI is InChI=1S/C26H28BrN3O4S/c1-3-28-26(32)20(2)29(18-21-10-6-4-7-11-21)25(31)19-30(23-16-14-22(27)15-17-23)35(33,34)24-12-8-5-9-13-24/h4-17,20H,3,18-19H2,1-2H3,(H,28,32). The maximum Gasteiger partial charge on any atom is 0.264 e. The monoisotopic (exact) mass is 557 g/mol. The van der Waals surface area contributed by atoms with Gasteiger partial charge in [-0.25, -0.2) is 8.42 Å². The van der Waals surface area contributed by atoms with E-state index in [1.54, 1.807) is 56.3 Å². The van der Waals surface area contributed by atoms with Gasteiger partial charge in [0.1, 0.15) is 12.6 Å². The lowest BCUT2D eigenvalue weighted by molar-refractivity contribution is -0.139. The van der Waals surface area contributed by atoms with Crippen molar-refractivity contribution in [2.24, 2.45) is 0 Å². The molecule has 0 heterocycles. The molecular weight excluding hydrogens is 530 g/mol. The van der Waals surface area contributed by atoms with Gasteiger partial charge in [-0.05, 0) is 55.8 Å². The van der Waals surface area contributed by atoms with Gasteiger partial charge in [-0.1, -0.05) is 64.5 Å². The van der Waals surface area contributed by atoms with E-state index in [0.717, 1.165) is 14.3 Å². The normalized spacial score (nSPS) is 12.0. The Hall–Kier alpha value is -3.17. The number of nitrogens with zero attached hydrogens (tertiary/aromatic N) is 2. The highest BCUT2D eigenvalue weighted by molar-refractivity contribution is 9.10. The third-order valence-corrected chi connectivity index (χ3v) is 7.76. The number of rotatable bonds is 10. The van der Waals surface area contributed by atoms with Crippen LogP contribution < -0.4 is 9.62 Å². The molecule has 0 spiro atoms. The van der Waals surface area contributed by atoms with Crippen LogP contribution in [-0.2, 0) is 26.2 Å². The Labute approximate surface area is 214 Å². The van der Waals surface area contributed by atoms with Crippen molar-refractivity contribution < 1.29 is 18.0 Å². The minimum Gasteiger partial charge on any atom is -0.355 e. The van der Waals surface area contributed by atoms with Gasteiger partial charge in [0.25, 0.3) is 10.0 Å². The zero-order valence-electron chi connectivity index (χ0n) is 19.6. The minimum absolute atomic E-state index is 0.0714. The first-order valence-corrected chi connectivity index (χ1v) is 13.4. The predicted octanol–water partition coefficient (Wildman–Crippen LogP) is 4.20. The summed E-state index contributed by atoms with van der Waals surface area (Å²) in [6, 6.07) is 23.2. The zero-order valence-corrected chi connectivity index (χ0v) is 22.0. The molecule has 0 aromatic heterocycles. The fraction of sp³-hybridized carbons (Fsp3) is 0.231. The van der Waals surface area contributed by atoms with E-state index in [4.69, 9.17) is 0 Å². The highest BCUT2D eigenvalue weighted by Crippen LogP contribution is 2.26. The number of anilines is 1. The first-order valence-electron chi connectivity index (χ1n) is 11.2. The molecule has 0 bridgehead atoms. The number of hydrogen-bond acceptors (Lipinski definition) is 4. The summed E-state index contributed by atoms with van der Waals surface area (Å²) in [5.41, 5.74) is 1.17. The van der Waals surface area contributed by atoms with Gasteiger partial charge in [0.2, 0.25) is 11.8 Å². The largest absolute Gasteiger partial charge is 0.355 e. The van der Waals surface area contributed by atoms with E-state index in [-0.39, 0.29) is 17.3 Å². The van der Waals surface area contributed by atoms with Gasteiger partial charge in [0.15, 0.2) is 0 Å². The molecule has 1 N–H and O–H groups in total. The average Bonchev–Trinajstić information content (AvgIpc) is 2.87. The first kappa shape index (κ1) is 26.4. The molecule has 7 nitrogen and oxygen atoms in total. The summed E-state index contributed by atoms with van der Waals surface area (Å²) in [6.45, 7) is 3.56. The van der Waals surface area contributed by atoms with Crippen LogP contribution in [0.25, 0.3) is 0 Å². The predicted molar refractivity (Wildman–Crippen MR) is 140 cm³/mol. The van der Waals surface area contributed by atoms with Crippen LogP contribution in [0.2, 0.25) is 0 Å².